The molecule has 2 heterocycles. The van der Waals surface area contributed by atoms with Gasteiger partial charge in [-0.05, 0) is 17.5 Å². The Morgan fingerprint density at radius 3 is 2.92 bits per heavy atom. The summed E-state index contributed by atoms with van der Waals surface area (Å²) in [6.45, 7) is 4.13. The van der Waals surface area contributed by atoms with Crippen LogP contribution < -0.4 is 4.80 Å². The zero-order chi connectivity index (χ0) is 17.1. The number of thiazole rings is 1. The Labute approximate surface area is 145 Å². The molecule has 3 rings (SSSR count). The Kier molecular flexibility index (Phi) is 4.68. The highest BCUT2D eigenvalue weighted by molar-refractivity contribution is 7.16. The number of benzene rings is 1. The van der Waals surface area contributed by atoms with E-state index in [9.17, 15) is 14.9 Å². The number of rotatable bonds is 5. The number of hydrogen-bond donors (Lipinski definition) is 0. The number of thiophene rings is 1. The van der Waals surface area contributed by atoms with Gasteiger partial charge in [0.15, 0.2) is 4.80 Å². The molecule has 6 nitrogen and oxygen atoms in total. The number of allylic oxidation sites excluding steroid dienone is 1. The number of nitro benzene ring substituents is 1. The number of non-ortho nitro benzene ring substituents is 1. The predicted octanol–water partition coefficient (Wildman–Crippen LogP) is 3.53. The Bertz CT molecular complexity index is 984. The summed E-state index contributed by atoms with van der Waals surface area (Å²) in [5, 5.41) is 12.9. The minimum atomic E-state index is -0.436. The van der Waals surface area contributed by atoms with E-state index in [0.717, 1.165) is 9.58 Å². The van der Waals surface area contributed by atoms with Crippen LogP contribution in [0.2, 0.25) is 0 Å². The van der Waals surface area contributed by atoms with Crippen molar-refractivity contribution in [3.05, 3.63) is 68.2 Å². The largest absolute Gasteiger partial charge is 0.312 e. The minimum absolute atomic E-state index is 0.00887. The Morgan fingerprint density at radius 2 is 2.25 bits per heavy atom. The van der Waals surface area contributed by atoms with Crippen molar-refractivity contribution in [1.29, 1.82) is 0 Å². The molecule has 122 valence electrons. The molecule has 0 fully saturated rings. The van der Waals surface area contributed by atoms with Crippen LogP contribution in [0, 0.1) is 10.1 Å². The van der Waals surface area contributed by atoms with Crippen LogP contribution in [0.3, 0.4) is 0 Å². The second kappa shape index (κ2) is 6.90. The van der Waals surface area contributed by atoms with Gasteiger partial charge in [0.25, 0.3) is 11.6 Å². The number of hydrogen-bond acceptors (Lipinski definition) is 5. The van der Waals surface area contributed by atoms with E-state index in [1.807, 2.05) is 17.5 Å². The quantitative estimate of drug-likeness (QED) is 0.397. The first kappa shape index (κ1) is 16.3. The van der Waals surface area contributed by atoms with Crippen LogP contribution in [-0.4, -0.2) is 15.4 Å². The summed E-state index contributed by atoms with van der Waals surface area (Å²) in [6, 6.07) is 8.42. The van der Waals surface area contributed by atoms with Crippen LogP contribution in [-0.2, 0) is 17.8 Å². The maximum absolute atomic E-state index is 12.2. The fraction of sp³-hybridized carbons (Fsp3) is 0.125. The van der Waals surface area contributed by atoms with Crippen LogP contribution in [0.15, 0.2) is 53.4 Å². The lowest BCUT2D eigenvalue weighted by Gasteiger charge is -2.00. The Hall–Kier alpha value is -2.58. The van der Waals surface area contributed by atoms with Crippen molar-refractivity contribution < 1.29 is 9.72 Å². The highest BCUT2D eigenvalue weighted by Crippen LogP contribution is 2.23. The van der Waals surface area contributed by atoms with Gasteiger partial charge in [0.1, 0.15) is 0 Å². The first-order valence-electron chi connectivity index (χ1n) is 7.07. The van der Waals surface area contributed by atoms with Gasteiger partial charge < -0.3 is 4.57 Å². The van der Waals surface area contributed by atoms with Gasteiger partial charge in [-0.25, -0.2) is 0 Å². The highest BCUT2D eigenvalue weighted by Gasteiger charge is 2.12. The molecule has 0 saturated heterocycles. The van der Waals surface area contributed by atoms with Gasteiger partial charge in [-0.15, -0.1) is 17.9 Å². The topological polar surface area (TPSA) is 77.5 Å². The van der Waals surface area contributed by atoms with E-state index in [1.165, 1.54) is 34.8 Å². The molecular formula is C16H13N3O3S2. The fourth-order valence-electron chi connectivity index (χ4n) is 2.27. The van der Waals surface area contributed by atoms with Crippen molar-refractivity contribution in [2.75, 3.05) is 0 Å². The van der Waals surface area contributed by atoms with Crippen molar-refractivity contribution >= 4 is 44.5 Å². The van der Waals surface area contributed by atoms with Crippen molar-refractivity contribution in [3.63, 3.8) is 0 Å². The van der Waals surface area contributed by atoms with Crippen LogP contribution in [0.4, 0.5) is 5.69 Å². The molecule has 0 N–H and O–H groups in total. The van der Waals surface area contributed by atoms with Crippen molar-refractivity contribution in [1.82, 2.24) is 4.57 Å². The molecule has 24 heavy (non-hydrogen) atoms. The minimum Gasteiger partial charge on any atom is -0.312 e. The molecule has 8 heteroatoms. The molecule has 0 saturated carbocycles. The zero-order valence-electron chi connectivity index (χ0n) is 12.5. The number of nitrogens with zero attached hydrogens (tertiary/aromatic N) is 3. The maximum Gasteiger partial charge on any atom is 0.271 e. The molecule has 0 bridgehead atoms. The van der Waals surface area contributed by atoms with Gasteiger partial charge in [0.05, 0.1) is 21.6 Å². The highest BCUT2D eigenvalue weighted by atomic mass is 32.1. The van der Waals surface area contributed by atoms with E-state index in [4.69, 9.17) is 0 Å². The van der Waals surface area contributed by atoms with Crippen molar-refractivity contribution in [2.45, 2.75) is 13.0 Å². The van der Waals surface area contributed by atoms with Crippen LogP contribution in [0.1, 0.15) is 4.88 Å². The Balaban J connectivity index is 2.07. The van der Waals surface area contributed by atoms with E-state index in [1.54, 1.807) is 16.7 Å². The van der Waals surface area contributed by atoms with E-state index < -0.39 is 4.92 Å². The Morgan fingerprint density at radius 1 is 1.42 bits per heavy atom. The first-order chi connectivity index (χ1) is 11.6. The second-order valence-electron chi connectivity index (χ2n) is 4.95. The van der Waals surface area contributed by atoms with Crippen LogP contribution in [0.25, 0.3) is 10.2 Å². The van der Waals surface area contributed by atoms with Gasteiger partial charge in [-0.3, -0.25) is 14.9 Å². The SMILES string of the molecule is C=CCn1c(=NC(=O)Cc2cccs2)sc2ccc([N+](=O)[O-])cc21. The molecule has 0 aliphatic heterocycles. The number of amides is 1. The molecule has 0 unspecified atom stereocenters. The zero-order valence-corrected chi connectivity index (χ0v) is 14.2. The molecule has 0 aliphatic rings. The summed E-state index contributed by atoms with van der Waals surface area (Å²) in [5.41, 5.74) is 0.686. The van der Waals surface area contributed by atoms with E-state index in [0.29, 0.717) is 16.9 Å². The first-order valence-corrected chi connectivity index (χ1v) is 8.76. The fourth-order valence-corrected chi connectivity index (χ4v) is 4.00. The molecule has 3 aromatic rings. The smallest absolute Gasteiger partial charge is 0.271 e. The van der Waals surface area contributed by atoms with Gasteiger partial charge in [0, 0.05) is 23.6 Å². The lowest BCUT2D eigenvalue weighted by atomic mass is 10.3. The summed E-state index contributed by atoms with van der Waals surface area (Å²) in [6.07, 6.45) is 1.92. The van der Waals surface area contributed by atoms with Gasteiger partial charge >= 0.3 is 0 Å². The average molecular weight is 359 g/mol. The summed E-state index contributed by atoms with van der Waals surface area (Å²) >= 11 is 2.84. The number of carbonyl (C=O) groups excluding carboxylic acids is 1. The summed E-state index contributed by atoms with van der Waals surface area (Å²) in [7, 11) is 0. The third-order valence-electron chi connectivity index (χ3n) is 3.31. The molecule has 2 aromatic heterocycles. The lowest BCUT2D eigenvalue weighted by Crippen LogP contribution is -2.16. The van der Waals surface area contributed by atoms with Crippen LogP contribution >= 0.6 is 22.7 Å². The molecule has 1 aromatic carbocycles. The normalized spacial score (nSPS) is 11.8. The van der Waals surface area contributed by atoms with Crippen LogP contribution in [0.5, 0.6) is 0 Å². The second-order valence-corrected chi connectivity index (χ2v) is 7.00. The average Bonchev–Trinajstić information content (AvgIpc) is 3.16. The number of aromatic nitrogens is 1. The molecule has 0 spiro atoms. The molecular weight excluding hydrogens is 346 g/mol. The van der Waals surface area contributed by atoms with E-state index in [-0.39, 0.29) is 18.0 Å². The van der Waals surface area contributed by atoms with Crippen molar-refractivity contribution in [2.24, 2.45) is 4.99 Å². The summed E-state index contributed by atoms with van der Waals surface area (Å²) in [4.78, 5) is 28.4. The molecule has 1 amide bonds. The maximum atomic E-state index is 12.2. The number of carbonyl (C=O) groups is 1. The summed E-state index contributed by atoms with van der Waals surface area (Å²) in [5.74, 6) is -0.240. The molecule has 0 aliphatic carbocycles. The third-order valence-corrected chi connectivity index (χ3v) is 5.25. The van der Waals surface area contributed by atoms with Crippen molar-refractivity contribution in [3.8, 4) is 0 Å². The van der Waals surface area contributed by atoms with Gasteiger partial charge in [0.2, 0.25) is 0 Å². The number of nitro groups is 1. The van der Waals surface area contributed by atoms with E-state index >= 15 is 0 Å². The lowest BCUT2D eigenvalue weighted by molar-refractivity contribution is -0.384. The van der Waals surface area contributed by atoms with E-state index in [2.05, 4.69) is 11.6 Å². The number of fused-ring (bicyclic) bond motifs is 1. The predicted molar refractivity (Wildman–Crippen MR) is 95.3 cm³/mol. The standard InChI is InChI=1S/C16H13N3O3S2/c1-2-7-18-13-9-11(19(21)22)5-6-14(13)24-16(18)17-15(20)10-12-4-3-8-23-12/h2-6,8-9H,1,7,10H2. The molecule has 0 atom stereocenters. The third kappa shape index (κ3) is 3.34. The summed E-state index contributed by atoms with van der Waals surface area (Å²) < 4.78 is 2.61. The molecule has 0 radical (unpaired) electrons. The van der Waals surface area contributed by atoms with Gasteiger partial charge in [-0.1, -0.05) is 23.5 Å². The van der Waals surface area contributed by atoms with Gasteiger partial charge in [-0.2, -0.15) is 4.99 Å². The monoisotopic (exact) mass is 359 g/mol.